The van der Waals surface area contributed by atoms with E-state index in [0.717, 1.165) is 32.7 Å². The third-order valence-electron chi connectivity index (χ3n) is 7.10. The molecule has 230 valence electrons. The number of para-hydroxylation sites is 1. The molecule has 2 amide bonds. The van der Waals surface area contributed by atoms with Crippen LogP contribution in [0, 0.1) is 0 Å². The number of nitrogens with zero attached hydrogens (tertiary/aromatic N) is 2. The Kier molecular flexibility index (Phi) is 12.0. The van der Waals surface area contributed by atoms with E-state index < -0.39 is 28.5 Å². The molecule has 10 heteroatoms. The van der Waals surface area contributed by atoms with Gasteiger partial charge in [-0.2, -0.15) is 0 Å². The number of carbonyl (C=O) groups excluding carboxylic acids is 2. The first-order chi connectivity index (χ1) is 21.2. The van der Waals surface area contributed by atoms with Gasteiger partial charge in [-0.1, -0.05) is 114 Å². The topological polar surface area (TPSA) is 86.8 Å². The molecule has 1 N–H and O–H groups in total. The van der Waals surface area contributed by atoms with E-state index in [1.54, 1.807) is 42.5 Å². The van der Waals surface area contributed by atoms with Crippen LogP contribution in [0.3, 0.4) is 0 Å². The minimum absolute atomic E-state index is 0.0188. The highest BCUT2D eigenvalue weighted by Crippen LogP contribution is 2.31. The molecule has 0 aliphatic carbocycles. The van der Waals surface area contributed by atoms with Crippen LogP contribution in [0.15, 0.2) is 119 Å². The van der Waals surface area contributed by atoms with Crippen molar-refractivity contribution in [1.29, 1.82) is 0 Å². The second kappa shape index (κ2) is 15.9. The first-order valence-electron chi connectivity index (χ1n) is 14.4. The van der Waals surface area contributed by atoms with Gasteiger partial charge in [0.25, 0.3) is 10.0 Å². The highest BCUT2D eigenvalue weighted by atomic mass is 79.9. The molecule has 0 aliphatic rings. The summed E-state index contributed by atoms with van der Waals surface area (Å²) in [6, 6.07) is 30.4. The standard InChI is InChI=1S/C34H35BrClN3O4S/c1-2-3-22-37-34(41)32(23-26-12-6-4-7-13-26)38(24-27-18-20-28(35)21-19-27)33(40)25-39(31-17-11-10-16-30(31)36)44(42,43)29-14-8-5-9-15-29/h4-21,32H,2-3,22-25H2,1H3,(H,37,41)/t32-/m0/s1. The number of rotatable bonds is 14. The molecule has 0 saturated carbocycles. The Morgan fingerprint density at radius 2 is 1.45 bits per heavy atom. The van der Waals surface area contributed by atoms with Crippen LogP contribution in [0.4, 0.5) is 5.69 Å². The lowest BCUT2D eigenvalue weighted by molar-refractivity contribution is -0.140. The second-order valence-corrected chi connectivity index (χ2v) is 13.5. The number of carbonyl (C=O) groups is 2. The van der Waals surface area contributed by atoms with Crippen molar-refractivity contribution < 1.29 is 18.0 Å². The number of hydrogen-bond acceptors (Lipinski definition) is 4. The minimum atomic E-state index is -4.21. The van der Waals surface area contributed by atoms with E-state index in [2.05, 4.69) is 21.2 Å². The monoisotopic (exact) mass is 695 g/mol. The van der Waals surface area contributed by atoms with Crippen molar-refractivity contribution in [3.05, 3.63) is 130 Å². The number of nitrogens with one attached hydrogen (secondary N) is 1. The van der Waals surface area contributed by atoms with Crippen molar-refractivity contribution in [3.63, 3.8) is 0 Å². The molecule has 7 nitrogen and oxygen atoms in total. The molecule has 4 rings (SSSR count). The van der Waals surface area contributed by atoms with Gasteiger partial charge in [-0.3, -0.25) is 13.9 Å². The maximum absolute atomic E-state index is 14.4. The number of unbranched alkanes of at least 4 members (excludes halogenated alkanes) is 1. The Balaban J connectivity index is 1.78. The van der Waals surface area contributed by atoms with Crippen molar-refractivity contribution in [1.82, 2.24) is 10.2 Å². The Bertz CT molecular complexity index is 1640. The predicted molar refractivity (Wildman–Crippen MR) is 179 cm³/mol. The second-order valence-electron chi connectivity index (χ2n) is 10.3. The number of benzene rings is 4. The first kappa shape index (κ1) is 33.2. The van der Waals surface area contributed by atoms with Crippen molar-refractivity contribution in [2.45, 2.75) is 43.7 Å². The van der Waals surface area contributed by atoms with Crippen LogP contribution in [-0.2, 0) is 32.6 Å². The lowest BCUT2D eigenvalue weighted by atomic mass is 10.0. The molecule has 0 saturated heterocycles. The van der Waals surface area contributed by atoms with E-state index in [-0.39, 0.29) is 34.5 Å². The zero-order chi connectivity index (χ0) is 31.5. The fraction of sp³-hybridized carbons (Fsp3) is 0.235. The summed E-state index contributed by atoms with van der Waals surface area (Å²) in [5.74, 6) is -0.845. The Hall–Kier alpha value is -3.66. The third kappa shape index (κ3) is 8.71. The largest absolute Gasteiger partial charge is 0.354 e. The maximum Gasteiger partial charge on any atom is 0.264 e. The van der Waals surface area contributed by atoms with E-state index in [1.807, 2.05) is 61.5 Å². The van der Waals surface area contributed by atoms with E-state index in [1.165, 1.54) is 17.0 Å². The molecule has 4 aromatic carbocycles. The van der Waals surface area contributed by atoms with Crippen LogP contribution in [-0.4, -0.2) is 44.3 Å². The molecule has 0 heterocycles. The molecule has 1 atom stereocenters. The highest BCUT2D eigenvalue weighted by Gasteiger charge is 2.35. The van der Waals surface area contributed by atoms with Crippen LogP contribution >= 0.6 is 27.5 Å². The quantitative estimate of drug-likeness (QED) is 0.146. The third-order valence-corrected chi connectivity index (χ3v) is 9.72. The average Bonchev–Trinajstić information content (AvgIpc) is 3.03. The van der Waals surface area contributed by atoms with Crippen molar-refractivity contribution >= 4 is 55.1 Å². The number of halogens is 2. The summed E-state index contributed by atoms with van der Waals surface area (Å²) in [4.78, 5) is 29.7. The molecule has 0 unspecified atom stereocenters. The van der Waals surface area contributed by atoms with E-state index in [0.29, 0.717) is 6.54 Å². The van der Waals surface area contributed by atoms with Crippen LogP contribution in [0.25, 0.3) is 0 Å². The van der Waals surface area contributed by atoms with Crippen molar-refractivity contribution in [2.75, 3.05) is 17.4 Å². The molecule has 0 aromatic heterocycles. The first-order valence-corrected chi connectivity index (χ1v) is 17.0. The van der Waals surface area contributed by atoms with Crippen LogP contribution in [0.5, 0.6) is 0 Å². The van der Waals surface area contributed by atoms with E-state index in [4.69, 9.17) is 11.6 Å². The molecule has 4 aromatic rings. The number of sulfonamides is 1. The normalized spacial score (nSPS) is 11.9. The summed E-state index contributed by atoms with van der Waals surface area (Å²) < 4.78 is 29.9. The summed E-state index contributed by atoms with van der Waals surface area (Å²) in [5.41, 5.74) is 1.83. The fourth-order valence-corrected chi connectivity index (χ4v) is 6.74. The lowest BCUT2D eigenvalue weighted by Crippen LogP contribution is -2.53. The Morgan fingerprint density at radius 3 is 2.09 bits per heavy atom. The summed E-state index contributed by atoms with van der Waals surface area (Å²) in [7, 11) is -4.21. The molecule has 0 aliphatic heterocycles. The van der Waals surface area contributed by atoms with Gasteiger partial charge in [0.1, 0.15) is 12.6 Å². The summed E-state index contributed by atoms with van der Waals surface area (Å²) in [6.45, 7) is 2.03. The van der Waals surface area contributed by atoms with Gasteiger partial charge in [-0.05, 0) is 53.9 Å². The summed E-state index contributed by atoms with van der Waals surface area (Å²) >= 11 is 9.96. The number of hydrogen-bond donors (Lipinski definition) is 1. The molecule has 0 bridgehead atoms. The molecule has 0 spiro atoms. The van der Waals surface area contributed by atoms with Gasteiger partial charge in [0.15, 0.2) is 0 Å². The highest BCUT2D eigenvalue weighted by molar-refractivity contribution is 9.10. The molecule has 0 radical (unpaired) electrons. The average molecular weight is 697 g/mol. The zero-order valence-corrected chi connectivity index (χ0v) is 27.6. The van der Waals surface area contributed by atoms with Gasteiger partial charge in [0, 0.05) is 24.0 Å². The van der Waals surface area contributed by atoms with E-state index >= 15 is 0 Å². The SMILES string of the molecule is CCCCNC(=O)[C@H](Cc1ccccc1)N(Cc1ccc(Br)cc1)C(=O)CN(c1ccccc1Cl)S(=O)(=O)c1ccccc1. The molecule has 44 heavy (non-hydrogen) atoms. The zero-order valence-electron chi connectivity index (χ0n) is 24.4. The number of amides is 2. The van der Waals surface area contributed by atoms with Gasteiger partial charge < -0.3 is 10.2 Å². The summed E-state index contributed by atoms with van der Waals surface area (Å²) in [5, 5.41) is 3.17. The van der Waals surface area contributed by atoms with Gasteiger partial charge in [0.2, 0.25) is 11.8 Å². The number of anilines is 1. The lowest BCUT2D eigenvalue weighted by Gasteiger charge is -2.34. The van der Waals surface area contributed by atoms with Gasteiger partial charge in [-0.15, -0.1) is 0 Å². The van der Waals surface area contributed by atoms with Gasteiger partial charge >= 0.3 is 0 Å². The molecular weight excluding hydrogens is 662 g/mol. The molecular formula is C34H35BrClN3O4S. The van der Waals surface area contributed by atoms with E-state index in [9.17, 15) is 18.0 Å². The predicted octanol–water partition coefficient (Wildman–Crippen LogP) is 6.85. The van der Waals surface area contributed by atoms with Crippen molar-refractivity contribution in [2.24, 2.45) is 0 Å². The smallest absolute Gasteiger partial charge is 0.264 e. The maximum atomic E-state index is 14.4. The van der Waals surface area contributed by atoms with Gasteiger partial charge in [0.05, 0.1) is 15.6 Å². The van der Waals surface area contributed by atoms with Gasteiger partial charge in [-0.25, -0.2) is 8.42 Å². The van der Waals surface area contributed by atoms with Crippen LogP contribution in [0.1, 0.15) is 30.9 Å². The Labute approximate surface area is 273 Å². The van der Waals surface area contributed by atoms with Crippen molar-refractivity contribution in [3.8, 4) is 0 Å². The van der Waals surface area contributed by atoms with Crippen LogP contribution in [0.2, 0.25) is 5.02 Å². The van der Waals surface area contributed by atoms with Crippen LogP contribution < -0.4 is 9.62 Å². The Morgan fingerprint density at radius 1 is 0.841 bits per heavy atom. The summed E-state index contributed by atoms with van der Waals surface area (Å²) in [6.07, 6.45) is 1.94. The minimum Gasteiger partial charge on any atom is -0.354 e. The molecule has 0 fully saturated rings. The fourth-order valence-electron chi connectivity index (χ4n) is 4.73.